The molecule has 5 heteroatoms. The Labute approximate surface area is 121 Å². The molecular formula is C15H26N2O3. The zero-order chi connectivity index (χ0) is 14.3. The first-order chi connectivity index (χ1) is 9.17. The molecule has 2 N–H and O–H groups in total. The molecule has 1 aromatic rings. The van der Waals surface area contributed by atoms with Crippen LogP contribution in [0.3, 0.4) is 0 Å². The molecule has 0 atom stereocenters. The molecule has 0 aliphatic rings. The minimum absolute atomic E-state index is 0. The fraction of sp³-hybridized carbons (Fsp3) is 0.533. The topological polar surface area (TPSA) is 59.6 Å². The van der Waals surface area contributed by atoms with Gasteiger partial charge in [-0.2, -0.15) is 0 Å². The highest BCUT2D eigenvalue weighted by Gasteiger charge is 2.15. The van der Waals surface area contributed by atoms with E-state index >= 15 is 0 Å². The van der Waals surface area contributed by atoms with Crippen molar-refractivity contribution in [1.82, 2.24) is 10.6 Å². The highest BCUT2D eigenvalue weighted by atomic mass is 16.5. The van der Waals surface area contributed by atoms with E-state index in [1.165, 1.54) is 0 Å². The van der Waals surface area contributed by atoms with Crippen molar-refractivity contribution < 1.29 is 14.3 Å². The summed E-state index contributed by atoms with van der Waals surface area (Å²) in [5, 5.41) is 5.69. The van der Waals surface area contributed by atoms with E-state index in [1.807, 2.05) is 20.9 Å². The summed E-state index contributed by atoms with van der Waals surface area (Å²) in [5.41, 5.74) is 1.47. The van der Waals surface area contributed by atoms with Crippen molar-refractivity contribution in [2.24, 2.45) is 0 Å². The molecule has 114 valence electrons. The molecule has 0 aromatic heterocycles. The molecule has 0 fully saturated rings. The lowest BCUT2D eigenvalue weighted by Crippen LogP contribution is -2.19. The van der Waals surface area contributed by atoms with Crippen LogP contribution in [0.1, 0.15) is 37.2 Å². The molecule has 0 heterocycles. The van der Waals surface area contributed by atoms with Gasteiger partial charge in [0.15, 0.2) is 0 Å². The maximum Gasteiger partial charge on any atom is 0.251 e. The van der Waals surface area contributed by atoms with Gasteiger partial charge >= 0.3 is 0 Å². The number of carbonyl (C=O) groups excluding carboxylic acids is 1. The maximum absolute atomic E-state index is 11.8. The van der Waals surface area contributed by atoms with E-state index in [9.17, 15) is 4.79 Å². The third kappa shape index (κ3) is 4.42. The number of hydrogen-bond acceptors (Lipinski definition) is 4. The molecule has 0 saturated carbocycles. The van der Waals surface area contributed by atoms with Crippen molar-refractivity contribution in [3.8, 4) is 11.5 Å². The lowest BCUT2D eigenvalue weighted by atomic mass is 10.1. The van der Waals surface area contributed by atoms with Crippen LogP contribution in [-0.2, 0) is 6.54 Å². The third-order valence-corrected chi connectivity index (χ3v) is 2.61. The molecule has 0 unspecified atom stereocenters. The van der Waals surface area contributed by atoms with Crippen molar-refractivity contribution in [3.05, 3.63) is 23.3 Å². The normalized spacial score (nSPS) is 9.60. The first-order valence-corrected chi connectivity index (χ1v) is 6.47. The van der Waals surface area contributed by atoms with Gasteiger partial charge in [0.25, 0.3) is 5.91 Å². The van der Waals surface area contributed by atoms with Gasteiger partial charge in [0, 0.05) is 24.7 Å². The molecule has 0 spiro atoms. The number of benzene rings is 1. The Balaban J connectivity index is 0.00000361. The smallest absolute Gasteiger partial charge is 0.251 e. The predicted molar refractivity (Wildman–Crippen MR) is 81.7 cm³/mol. The lowest BCUT2D eigenvalue weighted by Gasteiger charge is -2.16. The summed E-state index contributed by atoms with van der Waals surface area (Å²) in [7, 11) is 3.46. The summed E-state index contributed by atoms with van der Waals surface area (Å²) in [5.74, 6) is 1.21. The van der Waals surface area contributed by atoms with E-state index in [0.29, 0.717) is 36.8 Å². The fourth-order valence-corrected chi connectivity index (χ4v) is 1.81. The van der Waals surface area contributed by atoms with Crippen LogP contribution in [-0.4, -0.2) is 33.2 Å². The van der Waals surface area contributed by atoms with Crippen molar-refractivity contribution >= 4 is 5.91 Å². The van der Waals surface area contributed by atoms with Gasteiger partial charge in [-0.3, -0.25) is 4.79 Å². The number of nitrogens with one attached hydrogen (secondary N) is 2. The molecule has 20 heavy (non-hydrogen) atoms. The van der Waals surface area contributed by atoms with Crippen LogP contribution in [0.25, 0.3) is 0 Å². The molecule has 0 aliphatic heterocycles. The SMILES string of the molecule is C.CCOc1cc(C(=O)NC)cc(OCC)c1CNC. The standard InChI is InChI=1S/C14H22N2O3.CH4/c1-5-18-12-7-10(14(17)16-4)8-13(19-6-2)11(12)9-15-3;/h7-8,15H,5-6,9H2,1-4H3,(H,16,17);1H4. The van der Waals surface area contributed by atoms with Crippen LogP contribution in [0.4, 0.5) is 0 Å². The van der Waals surface area contributed by atoms with Gasteiger partial charge < -0.3 is 20.1 Å². The third-order valence-electron chi connectivity index (χ3n) is 2.61. The van der Waals surface area contributed by atoms with E-state index in [1.54, 1.807) is 19.2 Å². The van der Waals surface area contributed by atoms with Crippen molar-refractivity contribution in [3.63, 3.8) is 0 Å². The van der Waals surface area contributed by atoms with Crippen LogP contribution in [0.5, 0.6) is 11.5 Å². The lowest BCUT2D eigenvalue weighted by molar-refractivity contribution is 0.0962. The van der Waals surface area contributed by atoms with Crippen molar-refractivity contribution in [1.29, 1.82) is 0 Å². The average molecular weight is 282 g/mol. The van der Waals surface area contributed by atoms with Gasteiger partial charge in [-0.25, -0.2) is 0 Å². The van der Waals surface area contributed by atoms with Crippen LogP contribution >= 0.6 is 0 Å². The molecular weight excluding hydrogens is 256 g/mol. The quantitative estimate of drug-likeness (QED) is 0.805. The minimum Gasteiger partial charge on any atom is -0.493 e. The molecule has 1 amide bonds. The van der Waals surface area contributed by atoms with Crippen LogP contribution < -0.4 is 20.1 Å². The summed E-state index contributed by atoms with van der Waals surface area (Å²) < 4.78 is 11.2. The number of hydrogen-bond donors (Lipinski definition) is 2. The largest absolute Gasteiger partial charge is 0.493 e. The second kappa shape index (κ2) is 9.20. The average Bonchev–Trinajstić information content (AvgIpc) is 2.41. The summed E-state index contributed by atoms with van der Waals surface area (Å²) in [6.45, 7) is 5.53. The summed E-state index contributed by atoms with van der Waals surface area (Å²) in [6.07, 6.45) is 0. The van der Waals surface area contributed by atoms with E-state index in [2.05, 4.69) is 10.6 Å². The van der Waals surface area contributed by atoms with Crippen LogP contribution in [0.2, 0.25) is 0 Å². The van der Waals surface area contributed by atoms with Gasteiger partial charge in [-0.1, -0.05) is 7.43 Å². The summed E-state index contributed by atoms with van der Waals surface area (Å²) in [6, 6.07) is 3.50. The van der Waals surface area contributed by atoms with Crippen LogP contribution in [0, 0.1) is 0 Å². The van der Waals surface area contributed by atoms with E-state index in [-0.39, 0.29) is 13.3 Å². The summed E-state index contributed by atoms with van der Waals surface area (Å²) in [4.78, 5) is 11.8. The Morgan fingerprint density at radius 2 is 1.60 bits per heavy atom. The maximum atomic E-state index is 11.8. The molecule has 1 aromatic carbocycles. The van der Waals surface area contributed by atoms with E-state index < -0.39 is 0 Å². The number of amides is 1. The Morgan fingerprint density at radius 3 is 1.95 bits per heavy atom. The molecule has 0 saturated heterocycles. The Bertz CT molecular complexity index is 406. The van der Waals surface area contributed by atoms with Gasteiger partial charge in [0.1, 0.15) is 11.5 Å². The van der Waals surface area contributed by atoms with Gasteiger partial charge in [0.05, 0.1) is 13.2 Å². The van der Waals surface area contributed by atoms with Gasteiger partial charge in [0.2, 0.25) is 0 Å². The zero-order valence-electron chi connectivity index (χ0n) is 12.0. The van der Waals surface area contributed by atoms with Crippen LogP contribution in [0.15, 0.2) is 12.1 Å². The second-order valence-electron chi connectivity index (χ2n) is 3.93. The molecule has 0 bridgehead atoms. The highest BCUT2D eigenvalue weighted by molar-refractivity contribution is 5.95. The van der Waals surface area contributed by atoms with E-state index in [4.69, 9.17) is 9.47 Å². The number of ether oxygens (including phenoxy) is 2. The number of carbonyl (C=O) groups is 1. The minimum atomic E-state index is -0.155. The highest BCUT2D eigenvalue weighted by Crippen LogP contribution is 2.31. The predicted octanol–water partition coefficient (Wildman–Crippen LogP) is 2.20. The molecule has 0 aliphatic carbocycles. The fourth-order valence-electron chi connectivity index (χ4n) is 1.81. The molecule has 0 radical (unpaired) electrons. The zero-order valence-corrected chi connectivity index (χ0v) is 12.0. The first kappa shape index (κ1) is 18.2. The van der Waals surface area contributed by atoms with Gasteiger partial charge in [-0.15, -0.1) is 0 Å². The second-order valence-corrected chi connectivity index (χ2v) is 3.93. The van der Waals surface area contributed by atoms with Crippen molar-refractivity contribution in [2.75, 3.05) is 27.3 Å². The molecule has 1 rings (SSSR count). The van der Waals surface area contributed by atoms with Crippen molar-refractivity contribution in [2.45, 2.75) is 27.8 Å². The Morgan fingerprint density at radius 1 is 1.10 bits per heavy atom. The monoisotopic (exact) mass is 282 g/mol. The Kier molecular flexibility index (Phi) is 8.40. The Hall–Kier alpha value is -1.75. The first-order valence-electron chi connectivity index (χ1n) is 6.47. The van der Waals surface area contributed by atoms with Gasteiger partial charge in [-0.05, 0) is 33.0 Å². The number of rotatable bonds is 7. The molecule has 5 nitrogen and oxygen atoms in total. The van der Waals surface area contributed by atoms with E-state index in [0.717, 1.165) is 5.56 Å². The summed E-state index contributed by atoms with van der Waals surface area (Å²) >= 11 is 0.